The largest absolute Gasteiger partial charge is 0.335 e. The standard InChI is InChI=1S/C18H27N5OS2.2ClH/c1-18(2,3)17-20-13(11-26-17)10-22-6-8-23(9-7-22)16(24)14-12-25-15(21-14)4-5-19;;/h11-12H,4-10,19H2,1-3H3;2*1H. The van der Waals surface area contributed by atoms with E-state index >= 15 is 0 Å². The average Bonchev–Trinajstić information content (AvgIpc) is 3.24. The number of amides is 1. The zero-order chi connectivity index (χ0) is 18.7. The van der Waals surface area contributed by atoms with Gasteiger partial charge in [0.1, 0.15) is 5.69 Å². The van der Waals surface area contributed by atoms with Gasteiger partial charge in [0, 0.05) is 55.3 Å². The van der Waals surface area contributed by atoms with Gasteiger partial charge in [0.2, 0.25) is 0 Å². The molecule has 1 aliphatic rings. The maximum Gasteiger partial charge on any atom is 0.273 e. The van der Waals surface area contributed by atoms with Gasteiger partial charge >= 0.3 is 0 Å². The molecule has 1 fully saturated rings. The number of aromatic nitrogens is 2. The Kier molecular flexibility index (Phi) is 9.79. The van der Waals surface area contributed by atoms with Crippen molar-refractivity contribution in [2.45, 2.75) is 39.2 Å². The van der Waals surface area contributed by atoms with Gasteiger partial charge < -0.3 is 10.6 Å². The van der Waals surface area contributed by atoms with Crippen LogP contribution >= 0.6 is 47.5 Å². The van der Waals surface area contributed by atoms with Crippen LogP contribution in [0.25, 0.3) is 0 Å². The number of rotatable bonds is 5. The molecule has 0 bridgehead atoms. The van der Waals surface area contributed by atoms with Crippen LogP contribution in [0.1, 0.15) is 47.0 Å². The molecule has 0 atom stereocenters. The molecule has 2 N–H and O–H groups in total. The number of hydrogen-bond donors (Lipinski definition) is 1. The Hall–Kier alpha value is -0.770. The summed E-state index contributed by atoms with van der Waals surface area (Å²) in [6, 6.07) is 0. The Morgan fingerprint density at radius 2 is 1.79 bits per heavy atom. The van der Waals surface area contributed by atoms with Crippen molar-refractivity contribution in [2.24, 2.45) is 5.73 Å². The minimum absolute atomic E-state index is 0. The molecule has 28 heavy (non-hydrogen) atoms. The van der Waals surface area contributed by atoms with Crippen molar-refractivity contribution in [1.82, 2.24) is 19.8 Å². The summed E-state index contributed by atoms with van der Waals surface area (Å²) in [5, 5.41) is 6.13. The third-order valence-electron chi connectivity index (χ3n) is 4.37. The molecule has 158 valence electrons. The van der Waals surface area contributed by atoms with Gasteiger partial charge in [0.05, 0.1) is 15.7 Å². The summed E-state index contributed by atoms with van der Waals surface area (Å²) >= 11 is 3.25. The SMILES string of the molecule is CC(C)(C)c1nc(CN2CCN(C(=O)c3csc(CCN)n3)CC2)cs1.Cl.Cl. The Morgan fingerprint density at radius 1 is 1.11 bits per heavy atom. The predicted molar refractivity (Wildman–Crippen MR) is 121 cm³/mol. The summed E-state index contributed by atoms with van der Waals surface area (Å²) in [6.45, 7) is 11.2. The molecule has 0 radical (unpaired) electrons. The number of nitrogens with zero attached hydrogens (tertiary/aromatic N) is 4. The van der Waals surface area contributed by atoms with E-state index in [1.807, 2.05) is 10.3 Å². The fraction of sp³-hybridized carbons (Fsp3) is 0.611. The number of nitrogens with two attached hydrogens (primary N) is 1. The van der Waals surface area contributed by atoms with E-state index in [1.165, 1.54) is 16.3 Å². The highest BCUT2D eigenvalue weighted by atomic mass is 35.5. The molecule has 10 heteroatoms. The van der Waals surface area contributed by atoms with Crippen molar-refractivity contribution in [3.8, 4) is 0 Å². The van der Waals surface area contributed by atoms with E-state index in [9.17, 15) is 4.79 Å². The van der Waals surface area contributed by atoms with E-state index in [1.54, 1.807) is 11.3 Å². The normalized spacial score (nSPS) is 15.1. The van der Waals surface area contributed by atoms with E-state index in [4.69, 9.17) is 10.7 Å². The average molecular weight is 467 g/mol. The first-order valence-corrected chi connectivity index (χ1v) is 10.7. The molecule has 3 rings (SSSR count). The van der Waals surface area contributed by atoms with E-state index in [2.05, 4.69) is 36.0 Å². The Balaban J connectivity index is 0.00000196. The Morgan fingerprint density at radius 3 is 2.36 bits per heavy atom. The molecular formula is C18H29Cl2N5OS2. The van der Waals surface area contributed by atoms with Crippen LogP contribution < -0.4 is 5.73 Å². The predicted octanol–water partition coefficient (Wildman–Crippen LogP) is 3.20. The molecule has 1 saturated heterocycles. The van der Waals surface area contributed by atoms with Crippen molar-refractivity contribution in [2.75, 3.05) is 32.7 Å². The van der Waals surface area contributed by atoms with Gasteiger partial charge in [-0.3, -0.25) is 9.69 Å². The number of carbonyl (C=O) groups excluding carboxylic acids is 1. The Labute approximate surface area is 187 Å². The first-order chi connectivity index (χ1) is 12.4. The molecule has 0 aliphatic carbocycles. The van der Waals surface area contributed by atoms with Crippen molar-refractivity contribution in [3.05, 3.63) is 32.2 Å². The number of piperazine rings is 1. The first kappa shape index (κ1) is 25.3. The molecule has 1 aliphatic heterocycles. The van der Waals surface area contributed by atoms with Gasteiger partial charge in [-0.1, -0.05) is 20.8 Å². The first-order valence-electron chi connectivity index (χ1n) is 8.98. The molecular weight excluding hydrogens is 437 g/mol. The van der Waals surface area contributed by atoms with Crippen LogP contribution in [-0.4, -0.2) is 58.4 Å². The maximum atomic E-state index is 12.6. The molecule has 0 unspecified atom stereocenters. The number of carbonyl (C=O) groups is 1. The monoisotopic (exact) mass is 465 g/mol. The van der Waals surface area contributed by atoms with Crippen molar-refractivity contribution in [1.29, 1.82) is 0 Å². The third kappa shape index (κ3) is 6.37. The zero-order valence-electron chi connectivity index (χ0n) is 16.5. The fourth-order valence-electron chi connectivity index (χ4n) is 2.87. The van der Waals surface area contributed by atoms with Gasteiger partial charge in [-0.15, -0.1) is 47.5 Å². The summed E-state index contributed by atoms with van der Waals surface area (Å²) in [5.41, 5.74) is 7.34. The molecule has 0 saturated carbocycles. The van der Waals surface area contributed by atoms with Crippen LogP contribution in [0.4, 0.5) is 0 Å². The maximum absolute atomic E-state index is 12.6. The third-order valence-corrected chi connectivity index (χ3v) is 6.59. The summed E-state index contributed by atoms with van der Waals surface area (Å²) in [5.74, 6) is 0.0350. The zero-order valence-corrected chi connectivity index (χ0v) is 19.8. The summed E-state index contributed by atoms with van der Waals surface area (Å²) in [7, 11) is 0. The van der Waals surface area contributed by atoms with Crippen LogP contribution in [0, 0.1) is 0 Å². The fourth-order valence-corrected chi connectivity index (χ4v) is 4.56. The summed E-state index contributed by atoms with van der Waals surface area (Å²) in [4.78, 5) is 26.1. The highest BCUT2D eigenvalue weighted by molar-refractivity contribution is 7.10. The molecule has 0 aromatic carbocycles. The molecule has 3 heterocycles. The lowest BCUT2D eigenvalue weighted by atomic mass is 9.98. The number of thiazole rings is 2. The van der Waals surface area contributed by atoms with Gasteiger partial charge in [0.25, 0.3) is 5.91 Å². The number of hydrogen-bond acceptors (Lipinski definition) is 7. The lowest BCUT2D eigenvalue weighted by Crippen LogP contribution is -2.48. The molecule has 2 aromatic heterocycles. The molecule has 1 amide bonds. The van der Waals surface area contributed by atoms with E-state index in [0.29, 0.717) is 12.2 Å². The van der Waals surface area contributed by atoms with Gasteiger partial charge in [-0.05, 0) is 6.54 Å². The minimum Gasteiger partial charge on any atom is -0.335 e. The van der Waals surface area contributed by atoms with E-state index < -0.39 is 0 Å². The molecule has 6 nitrogen and oxygen atoms in total. The molecule has 2 aromatic rings. The van der Waals surface area contributed by atoms with E-state index in [-0.39, 0.29) is 36.1 Å². The van der Waals surface area contributed by atoms with Crippen molar-refractivity contribution in [3.63, 3.8) is 0 Å². The van der Waals surface area contributed by atoms with Crippen LogP contribution in [0.5, 0.6) is 0 Å². The van der Waals surface area contributed by atoms with Crippen LogP contribution in [0.15, 0.2) is 10.8 Å². The highest BCUT2D eigenvalue weighted by Gasteiger charge is 2.25. The second-order valence-corrected chi connectivity index (χ2v) is 9.43. The quantitative estimate of drug-likeness (QED) is 0.733. The smallest absolute Gasteiger partial charge is 0.273 e. The summed E-state index contributed by atoms with van der Waals surface area (Å²) < 4.78 is 0. The summed E-state index contributed by atoms with van der Waals surface area (Å²) in [6.07, 6.45) is 0.732. The van der Waals surface area contributed by atoms with Crippen molar-refractivity contribution < 1.29 is 4.79 Å². The lowest BCUT2D eigenvalue weighted by molar-refractivity contribution is 0.0622. The lowest BCUT2D eigenvalue weighted by Gasteiger charge is -2.34. The minimum atomic E-state index is 0. The van der Waals surface area contributed by atoms with Gasteiger partial charge in [0.15, 0.2) is 0 Å². The van der Waals surface area contributed by atoms with E-state index in [0.717, 1.165) is 49.8 Å². The highest BCUT2D eigenvalue weighted by Crippen LogP contribution is 2.26. The van der Waals surface area contributed by atoms with Crippen molar-refractivity contribution >= 4 is 53.4 Å². The van der Waals surface area contributed by atoms with Crippen LogP contribution in [0.3, 0.4) is 0 Å². The van der Waals surface area contributed by atoms with Gasteiger partial charge in [-0.2, -0.15) is 0 Å². The van der Waals surface area contributed by atoms with Gasteiger partial charge in [-0.25, -0.2) is 9.97 Å². The second kappa shape index (κ2) is 10.8. The second-order valence-electron chi connectivity index (χ2n) is 7.63. The molecule has 0 spiro atoms. The van der Waals surface area contributed by atoms with Crippen LogP contribution in [0.2, 0.25) is 0 Å². The Bertz CT molecular complexity index is 751. The van der Waals surface area contributed by atoms with Crippen LogP contribution in [-0.2, 0) is 18.4 Å². The number of halogens is 2. The topological polar surface area (TPSA) is 75.4 Å².